The van der Waals surface area contributed by atoms with Crippen LogP contribution >= 0.6 is 0 Å². The van der Waals surface area contributed by atoms with E-state index in [0.717, 1.165) is 11.3 Å². The fraction of sp³-hybridized carbons (Fsp3) is 0.167. The Morgan fingerprint density at radius 2 is 1.83 bits per heavy atom. The van der Waals surface area contributed by atoms with Gasteiger partial charge in [-0.2, -0.15) is 4.98 Å². The zero-order valence-corrected chi connectivity index (χ0v) is 13.4. The highest BCUT2D eigenvalue weighted by Gasteiger charge is 2.09. The molecule has 0 saturated carbocycles. The summed E-state index contributed by atoms with van der Waals surface area (Å²) in [6, 6.07) is 14.3. The van der Waals surface area contributed by atoms with Crippen molar-refractivity contribution in [3.05, 3.63) is 60.0 Å². The molecule has 0 aliphatic carbocycles. The van der Waals surface area contributed by atoms with E-state index in [1.54, 1.807) is 43.3 Å². The average molecular weight is 323 g/mol. The van der Waals surface area contributed by atoms with Crippen molar-refractivity contribution in [1.29, 1.82) is 0 Å². The van der Waals surface area contributed by atoms with Crippen molar-refractivity contribution in [3.8, 4) is 17.1 Å². The number of nitrogens with one attached hydrogen (secondary N) is 1. The molecule has 0 spiro atoms. The second-order valence-electron chi connectivity index (χ2n) is 5.13. The van der Waals surface area contributed by atoms with Gasteiger partial charge in [-0.15, -0.1) is 0 Å². The number of hydrogen-bond donors (Lipinski definition) is 1. The van der Waals surface area contributed by atoms with Crippen LogP contribution in [0.4, 0.5) is 5.69 Å². The van der Waals surface area contributed by atoms with Gasteiger partial charge in [0, 0.05) is 23.7 Å². The van der Waals surface area contributed by atoms with Crippen LogP contribution in [0.25, 0.3) is 11.4 Å². The molecular formula is C18H17N3O3. The van der Waals surface area contributed by atoms with Gasteiger partial charge in [-0.3, -0.25) is 4.79 Å². The Balaban J connectivity index is 1.68. The van der Waals surface area contributed by atoms with Crippen molar-refractivity contribution >= 4 is 11.6 Å². The second-order valence-corrected chi connectivity index (χ2v) is 5.13. The van der Waals surface area contributed by atoms with Gasteiger partial charge in [-0.25, -0.2) is 0 Å². The van der Waals surface area contributed by atoms with Crippen LogP contribution in [-0.4, -0.2) is 22.7 Å². The lowest BCUT2D eigenvalue weighted by atomic mass is 10.1. The molecule has 122 valence electrons. The van der Waals surface area contributed by atoms with Crippen molar-refractivity contribution in [2.75, 3.05) is 11.9 Å². The van der Waals surface area contributed by atoms with E-state index in [2.05, 4.69) is 15.5 Å². The summed E-state index contributed by atoms with van der Waals surface area (Å²) in [5.41, 5.74) is 2.05. The topological polar surface area (TPSA) is 77.2 Å². The molecule has 6 nitrogen and oxygen atoms in total. The molecular weight excluding hydrogens is 306 g/mol. The first-order chi connectivity index (χ1) is 11.7. The molecule has 0 bridgehead atoms. The normalized spacial score (nSPS) is 10.4. The summed E-state index contributed by atoms with van der Waals surface area (Å²) in [6.07, 6.45) is 0. The average Bonchev–Trinajstić information content (AvgIpc) is 3.03. The van der Waals surface area contributed by atoms with E-state index in [9.17, 15) is 4.79 Å². The zero-order chi connectivity index (χ0) is 16.9. The number of benzene rings is 2. The van der Waals surface area contributed by atoms with Gasteiger partial charge in [0.15, 0.2) is 0 Å². The predicted molar refractivity (Wildman–Crippen MR) is 90.0 cm³/mol. The third kappa shape index (κ3) is 3.60. The molecule has 1 aromatic heterocycles. The third-order valence-corrected chi connectivity index (χ3v) is 3.36. The van der Waals surface area contributed by atoms with E-state index >= 15 is 0 Å². The van der Waals surface area contributed by atoms with E-state index in [0.29, 0.717) is 29.6 Å². The van der Waals surface area contributed by atoms with Gasteiger partial charge in [0.2, 0.25) is 11.7 Å². The quantitative estimate of drug-likeness (QED) is 0.774. The van der Waals surface area contributed by atoms with Crippen LogP contribution in [0.3, 0.4) is 0 Å². The van der Waals surface area contributed by atoms with Crippen LogP contribution in [0.15, 0.2) is 53.1 Å². The maximum absolute atomic E-state index is 12.3. The fourth-order valence-corrected chi connectivity index (χ4v) is 2.19. The van der Waals surface area contributed by atoms with Crippen molar-refractivity contribution in [2.24, 2.45) is 0 Å². The summed E-state index contributed by atoms with van der Waals surface area (Å²) in [4.78, 5) is 16.4. The first kappa shape index (κ1) is 15.7. The number of ether oxygens (including phenoxy) is 1. The molecule has 0 aliphatic rings. The minimum atomic E-state index is -0.185. The molecule has 0 radical (unpaired) electrons. The zero-order valence-electron chi connectivity index (χ0n) is 13.4. The maximum Gasteiger partial charge on any atom is 0.255 e. The minimum Gasteiger partial charge on any atom is -0.494 e. The number of nitrogens with zero attached hydrogens (tertiary/aromatic N) is 2. The molecule has 1 N–H and O–H groups in total. The van der Waals surface area contributed by atoms with E-state index in [4.69, 9.17) is 9.26 Å². The number of aromatic nitrogens is 2. The molecule has 0 saturated heterocycles. The van der Waals surface area contributed by atoms with Gasteiger partial charge in [0.05, 0.1) is 6.61 Å². The lowest BCUT2D eigenvalue weighted by Gasteiger charge is -2.07. The smallest absolute Gasteiger partial charge is 0.255 e. The third-order valence-electron chi connectivity index (χ3n) is 3.36. The second kappa shape index (κ2) is 6.95. The Morgan fingerprint density at radius 1 is 1.12 bits per heavy atom. The lowest BCUT2D eigenvalue weighted by Crippen LogP contribution is -2.11. The fourth-order valence-electron chi connectivity index (χ4n) is 2.19. The molecule has 0 atom stereocenters. The number of carbonyl (C=O) groups excluding carboxylic acids is 1. The molecule has 2 aromatic carbocycles. The van der Waals surface area contributed by atoms with E-state index < -0.39 is 0 Å². The van der Waals surface area contributed by atoms with Crippen LogP contribution in [0.5, 0.6) is 5.75 Å². The lowest BCUT2D eigenvalue weighted by molar-refractivity contribution is 0.102. The molecule has 1 heterocycles. The van der Waals surface area contributed by atoms with E-state index in [1.165, 1.54) is 0 Å². The number of hydrogen-bond acceptors (Lipinski definition) is 5. The Hall–Kier alpha value is -3.15. The summed E-state index contributed by atoms with van der Waals surface area (Å²) in [5, 5.41) is 6.70. The maximum atomic E-state index is 12.3. The molecule has 1 amide bonds. The summed E-state index contributed by atoms with van der Waals surface area (Å²) >= 11 is 0. The van der Waals surface area contributed by atoms with Gasteiger partial charge in [0.25, 0.3) is 5.91 Å². The Kier molecular flexibility index (Phi) is 4.56. The number of amides is 1. The number of rotatable bonds is 5. The summed E-state index contributed by atoms with van der Waals surface area (Å²) < 4.78 is 10.3. The van der Waals surface area contributed by atoms with E-state index in [-0.39, 0.29) is 5.91 Å². The molecule has 0 unspecified atom stereocenters. The number of anilines is 1. The van der Waals surface area contributed by atoms with E-state index in [1.807, 2.05) is 19.1 Å². The molecule has 3 rings (SSSR count). The van der Waals surface area contributed by atoms with Gasteiger partial charge < -0.3 is 14.6 Å². The van der Waals surface area contributed by atoms with Crippen molar-refractivity contribution in [1.82, 2.24) is 10.1 Å². The standard InChI is InChI=1S/C18H17N3O3/c1-3-23-16-10-8-15(9-11-16)20-18(22)14-6-4-13(5-7-14)17-19-12(2)24-21-17/h4-11H,3H2,1-2H3,(H,20,22). The van der Waals surface area contributed by atoms with Crippen LogP contribution in [0.1, 0.15) is 23.2 Å². The molecule has 24 heavy (non-hydrogen) atoms. The highest BCUT2D eigenvalue weighted by Crippen LogP contribution is 2.19. The first-order valence-corrected chi connectivity index (χ1v) is 7.60. The summed E-state index contributed by atoms with van der Waals surface area (Å²) in [6.45, 7) is 4.27. The molecule has 0 fully saturated rings. The van der Waals surface area contributed by atoms with Crippen LogP contribution in [0.2, 0.25) is 0 Å². The van der Waals surface area contributed by atoms with Gasteiger partial charge in [-0.05, 0) is 43.3 Å². The summed E-state index contributed by atoms with van der Waals surface area (Å²) in [7, 11) is 0. The minimum absolute atomic E-state index is 0.185. The van der Waals surface area contributed by atoms with Crippen LogP contribution in [-0.2, 0) is 0 Å². The Morgan fingerprint density at radius 3 is 2.42 bits per heavy atom. The van der Waals surface area contributed by atoms with Crippen LogP contribution < -0.4 is 10.1 Å². The predicted octanol–water partition coefficient (Wildman–Crippen LogP) is 3.70. The first-order valence-electron chi connectivity index (χ1n) is 7.60. The van der Waals surface area contributed by atoms with Crippen molar-refractivity contribution < 1.29 is 14.1 Å². The SMILES string of the molecule is CCOc1ccc(NC(=O)c2ccc(-c3noc(C)n3)cc2)cc1. The molecule has 0 aliphatic heterocycles. The van der Waals surface area contributed by atoms with Gasteiger partial charge >= 0.3 is 0 Å². The Bertz CT molecular complexity index is 823. The molecule has 6 heteroatoms. The monoisotopic (exact) mass is 323 g/mol. The number of carbonyl (C=O) groups is 1. The largest absolute Gasteiger partial charge is 0.494 e. The van der Waals surface area contributed by atoms with Gasteiger partial charge in [-0.1, -0.05) is 17.3 Å². The van der Waals surface area contributed by atoms with Crippen molar-refractivity contribution in [2.45, 2.75) is 13.8 Å². The number of aryl methyl sites for hydroxylation is 1. The highest BCUT2D eigenvalue weighted by molar-refractivity contribution is 6.04. The Labute approximate surface area is 139 Å². The highest BCUT2D eigenvalue weighted by atomic mass is 16.5. The molecule has 3 aromatic rings. The van der Waals surface area contributed by atoms with Gasteiger partial charge in [0.1, 0.15) is 5.75 Å². The van der Waals surface area contributed by atoms with Crippen molar-refractivity contribution in [3.63, 3.8) is 0 Å². The van der Waals surface area contributed by atoms with Crippen LogP contribution in [0, 0.1) is 6.92 Å². The summed E-state index contributed by atoms with van der Waals surface area (Å²) in [5.74, 6) is 1.60.